The Kier molecular flexibility index (Phi) is 7.79. The molecule has 0 spiro atoms. The first-order valence-corrected chi connectivity index (χ1v) is 12.0. The normalized spacial score (nSPS) is 18.4. The number of likely N-dealkylation sites (tertiary alicyclic amines) is 1. The van der Waals surface area contributed by atoms with Gasteiger partial charge in [0, 0.05) is 36.7 Å². The van der Waals surface area contributed by atoms with E-state index in [9.17, 15) is 22.4 Å². The van der Waals surface area contributed by atoms with Gasteiger partial charge in [0.25, 0.3) is 5.91 Å². The highest BCUT2D eigenvalue weighted by atomic mass is 32.1. The van der Waals surface area contributed by atoms with Crippen LogP contribution in [-0.4, -0.2) is 62.0 Å². The van der Waals surface area contributed by atoms with Gasteiger partial charge in [-0.1, -0.05) is 6.92 Å². The maximum atomic E-state index is 14.2. The zero-order valence-corrected chi connectivity index (χ0v) is 20.4. The van der Waals surface area contributed by atoms with Gasteiger partial charge in [0.2, 0.25) is 5.88 Å². The molecule has 3 aromatic rings. The first kappa shape index (κ1) is 25.9. The summed E-state index contributed by atoms with van der Waals surface area (Å²) in [6.45, 7) is 5.34. The van der Waals surface area contributed by atoms with Crippen LogP contribution in [0.4, 0.5) is 23.2 Å². The van der Waals surface area contributed by atoms with Crippen molar-refractivity contribution in [3.8, 4) is 5.88 Å². The predicted octanol–water partition coefficient (Wildman–Crippen LogP) is 4.31. The molecule has 4 rings (SSSR count). The third-order valence-electron chi connectivity index (χ3n) is 5.58. The van der Waals surface area contributed by atoms with Crippen molar-refractivity contribution in [3.63, 3.8) is 0 Å². The number of carbonyl (C=O) groups excluding carboxylic acids is 1. The highest BCUT2D eigenvalue weighted by Crippen LogP contribution is 2.28. The van der Waals surface area contributed by atoms with Crippen molar-refractivity contribution in [2.45, 2.75) is 45.1 Å². The smallest absolute Gasteiger partial charge is 0.434 e. The molecule has 4 heterocycles. The number of alkyl halides is 4. The Hall–Kier alpha value is -3.19. The van der Waals surface area contributed by atoms with E-state index >= 15 is 0 Å². The molecule has 13 heteroatoms. The Morgan fingerprint density at radius 3 is 2.64 bits per heavy atom. The minimum absolute atomic E-state index is 0.102. The summed E-state index contributed by atoms with van der Waals surface area (Å²) in [6, 6.07) is 3.16. The van der Waals surface area contributed by atoms with E-state index < -0.39 is 30.1 Å². The average Bonchev–Trinajstić information content (AvgIpc) is 3.36. The lowest BCUT2D eigenvalue weighted by Gasteiger charge is -2.15. The van der Waals surface area contributed by atoms with Gasteiger partial charge in [-0.05, 0) is 37.5 Å². The number of hydrogen-bond acceptors (Lipinski definition) is 8. The number of hydrogen-bond donors (Lipinski definition) is 1. The quantitative estimate of drug-likeness (QED) is 0.439. The van der Waals surface area contributed by atoms with E-state index in [1.807, 2.05) is 11.8 Å². The summed E-state index contributed by atoms with van der Waals surface area (Å²) in [6.07, 6.45) is -2.12. The van der Waals surface area contributed by atoms with Crippen LogP contribution in [0.2, 0.25) is 0 Å². The molecule has 192 valence electrons. The molecule has 0 saturated carbocycles. The van der Waals surface area contributed by atoms with Gasteiger partial charge in [-0.2, -0.15) is 17.5 Å². The monoisotopic (exact) mass is 524 g/mol. The number of ether oxygens (including phenoxy) is 1. The van der Waals surface area contributed by atoms with Gasteiger partial charge in [0.05, 0.1) is 35.0 Å². The molecule has 0 bridgehead atoms. The van der Waals surface area contributed by atoms with Crippen LogP contribution in [-0.2, 0) is 12.6 Å². The molecule has 1 fully saturated rings. The van der Waals surface area contributed by atoms with Crippen molar-refractivity contribution in [2.24, 2.45) is 0 Å². The van der Waals surface area contributed by atoms with E-state index in [0.717, 1.165) is 30.7 Å². The van der Waals surface area contributed by atoms with Gasteiger partial charge in [0.15, 0.2) is 11.9 Å². The van der Waals surface area contributed by atoms with Crippen LogP contribution in [0, 0.1) is 6.92 Å². The second-order valence-corrected chi connectivity index (χ2v) is 9.26. The molecule has 2 atom stereocenters. The van der Waals surface area contributed by atoms with Crippen molar-refractivity contribution in [1.29, 1.82) is 0 Å². The average molecular weight is 525 g/mol. The number of aromatic nitrogens is 4. The molecule has 0 unspecified atom stereocenters. The summed E-state index contributed by atoms with van der Waals surface area (Å²) in [7, 11) is 0. The highest BCUT2D eigenvalue weighted by molar-refractivity contribution is 7.06. The van der Waals surface area contributed by atoms with Crippen LogP contribution in [0.3, 0.4) is 0 Å². The number of pyridine rings is 1. The molecule has 1 aliphatic heterocycles. The summed E-state index contributed by atoms with van der Waals surface area (Å²) in [5.74, 6) is -0.185. The summed E-state index contributed by atoms with van der Waals surface area (Å²) >= 11 is 1.07. The van der Waals surface area contributed by atoms with Gasteiger partial charge >= 0.3 is 6.18 Å². The van der Waals surface area contributed by atoms with E-state index in [1.54, 1.807) is 19.1 Å². The maximum Gasteiger partial charge on any atom is 0.434 e. The van der Waals surface area contributed by atoms with E-state index in [1.165, 1.54) is 6.20 Å². The van der Waals surface area contributed by atoms with Crippen molar-refractivity contribution >= 4 is 23.1 Å². The van der Waals surface area contributed by atoms with Gasteiger partial charge in [-0.3, -0.25) is 14.7 Å². The van der Waals surface area contributed by atoms with Crippen LogP contribution >= 0.6 is 11.5 Å². The first-order valence-electron chi connectivity index (χ1n) is 11.3. The van der Waals surface area contributed by atoms with E-state index in [0.29, 0.717) is 41.1 Å². The minimum Gasteiger partial charge on any atom is -0.470 e. The number of halogens is 4. The largest absolute Gasteiger partial charge is 0.470 e. The number of anilines is 1. The van der Waals surface area contributed by atoms with Gasteiger partial charge in [-0.15, -0.1) is 0 Å². The number of nitrogens with zero attached hydrogens (tertiary/aromatic N) is 5. The van der Waals surface area contributed by atoms with Gasteiger partial charge < -0.3 is 10.1 Å². The van der Waals surface area contributed by atoms with Crippen molar-refractivity contribution < 1.29 is 27.1 Å². The third-order valence-corrected chi connectivity index (χ3v) is 6.51. The molecule has 1 aliphatic rings. The third kappa shape index (κ3) is 6.13. The minimum atomic E-state index is -4.58. The molecule has 3 aromatic heterocycles. The number of aryl methyl sites for hydroxylation is 1. The molecule has 0 radical (unpaired) electrons. The van der Waals surface area contributed by atoms with Crippen LogP contribution in [0.1, 0.15) is 45.7 Å². The molecule has 1 saturated heterocycles. The molecule has 36 heavy (non-hydrogen) atoms. The topological polar surface area (TPSA) is 93.1 Å². The van der Waals surface area contributed by atoms with E-state index in [2.05, 4.69) is 24.6 Å². The van der Waals surface area contributed by atoms with Gasteiger partial charge in [-0.25, -0.2) is 14.4 Å². The summed E-state index contributed by atoms with van der Waals surface area (Å²) < 4.78 is 62.3. The fourth-order valence-electron chi connectivity index (χ4n) is 3.88. The second kappa shape index (κ2) is 10.8. The zero-order valence-electron chi connectivity index (χ0n) is 19.5. The van der Waals surface area contributed by atoms with Crippen molar-refractivity contribution in [2.75, 3.05) is 25.0 Å². The van der Waals surface area contributed by atoms with Crippen LogP contribution in [0.15, 0.2) is 30.7 Å². The van der Waals surface area contributed by atoms with E-state index in [4.69, 9.17) is 4.74 Å². The summed E-state index contributed by atoms with van der Waals surface area (Å²) in [5.41, 5.74) is 0.378. The number of amides is 1. The van der Waals surface area contributed by atoms with Crippen LogP contribution < -0.4 is 10.1 Å². The summed E-state index contributed by atoms with van der Waals surface area (Å²) in [5, 5.41) is 2.74. The molecule has 1 amide bonds. The molecular formula is C23H24F4N6O2S. The fourth-order valence-corrected chi connectivity index (χ4v) is 4.76. The lowest BCUT2D eigenvalue weighted by Crippen LogP contribution is -2.28. The molecule has 8 nitrogen and oxygen atoms in total. The number of rotatable bonds is 8. The Labute approximate surface area is 208 Å². The van der Waals surface area contributed by atoms with Crippen molar-refractivity contribution in [1.82, 2.24) is 24.2 Å². The fraction of sp³-hybridized carbons (Fsp3) is 0.435. The van der Waals surface area contributed by atoms with Gasteiger partial charge in [0.1, 0.15) is 6.10 Å². The zero-order chi connectivity index (χ0) is 25.9. The summed E-state index contributed by atoms with van der Waals surface area (Å²) in [4.78, 5) is 26.9. The van der Waals surface area contributed by atoms with Crippen LogP contribution in [0.5, 0.6) is 5.88 Å². The standard InChI is InChI=1S/C23H24F4N6O2S/c1-3-6-33-11-16(24)17(12-33)35-20-5-4-14(8-30-20)31-22(34)21-13(2)32-36-18(21)7-15-9-29-19(10-28-15)23(25,26)27/h4-5,8-10,16-17H,3,6-7,11-12H2,1-2H3,(H,31,34)/t16-,17+/m0/s1. The molecule has 0 aromatic carbocycles. The lowest BCUT2D eigenvalue weighted by atomic mass is 10.1. The molecule has 1 N–H and O–H groups in total. The Morgan fingerprint density at radius 1 is 1.19 bits per heavy atom. The maximum absolute atomic E-state index is 14.2. The van der Waals surface area contributed by atoms with Crippen LogP contribution in [0.25, 0.3) is 0 Å². The Morgan fingerprint density at radius 2 is 2.00 bits per heavy atom. The molecular weight excluding hydrogens is 500 g/mol. The number of carbonyl (C=O) groups is 1. The van der Waals surface area contributed by atoms with E-state index in [-0.39, 0.29) is 18.0 Å². The Bertz CT molecular complexity index is 1190. The lowest BCUT2D eigenvalue weighted by molar-refractivity contribution is -0.141. The number of nitrogens with one attached hydrogen (secondary N) is 1. The first-order chi connectivity index (χ1) is 17.1. The molecule has 0 aliphatic carbocycles. The van der Waals surface area contributed by atoms with Crippen molar-refractivity contribution in [3.05, 3.63) is 58.2 Å². The Balaban J connectivity index is 1.39. The second-order valence-electron chi connectivity index (χ2n) is 8.40. The highest BCUT2D eigenvalue weighted by Gasteiger charge is 2.34. The predicted molar refractivity (Wildman–Crippen MR) is 125 cm³/mol. The SMILES string of the molecule is CCCN1C[C@H](F)[C@H](Oc2ccc(NC(=O)c3c(C)nsc3Cc3cnc(C(F)(F)F)cn3)cn2)C1.